The Labute approximate surface area is 143 Å². The summed E-state index contributed by atoms with van der Waals surface area (Å²) in [6, 6.07) is 3.49. The lowest BCUT2D eigenvalue weighted by atomic mass is 10.0. The Bertz CT molecular complexity index is 682. The lowest BCUT2D eigenvalue weighted by molar-refractivity contribution is -0.138. The van der Waals surface area contributed by atoms with Gasteiger partial charge >= 0.3 is 12.2 Å². The first-order valence-corrected chi connectivity index (χ1v) is 8.30. The number of hydrogen-bond donors (Lipinski definition) is 1. The summed E-state index contributed by atoms with van der Waals surface area (Å²) in [5.41, 5.74) is -0.167. The minimum absolute atomic E-state index is 0.0120. The number of rotatable bonds is 1. The Morgan fingerprint density at radius 1 is 1.16 bits per heavy atom. The van der Waals surface area contributed by atoms with E-state index in [9.17, 15) is 22.8 Å². The van der Waals surface area contributed by atoms with Crippen molar-refractivity contribution in [3.8, 4) is 0 Å². The van der Waals surface area contributed by atoms with Crippen LogP contribution in [0.4, 0.5) is 23.7 Å². The minimum atomic E-state index is -4.42. The summed E-state index contributed by atoms with van der Waals surface area (Å²) in [5.74, 6) is 0.0120. The molecule has 2 heterocycles. The van der Waals surface area contributed by atoms with Gasteiger partial charge in [-0.2, -0.15) is 13.2 Å². The van der Waals surface area contributed by atoms with E-state index in [1.165, 1.54) is 17.9 Å². The number of urea groups is 1. The van der Waals surface area contributed by atoms with Crippen molar-refractivity contribution in [2.24, 2.45) is 0 Å². The Kier molecular flexibility index (Phi) is 4.62. The van der Waals surface area contributed by atoms with Crippen molar-refractivity contribution in [3.63, 3.8) is 0 Å². The van der Waals surface area contributed by atoms with Crippen LogP contribution in [0.15, 0.2) is 18.2 Å². The van der Waals surface area contributed by atoms with E-state index in [4.69, 9.17) is 0 Å². The normalized spacial score (nSPS) is 18.2. The second-order valence-corrected chi connectivity index (χ2v) is 6.43. The number of piperidine rings is 1. The predicted molar refractivity (Wildman–Crippen MR) is 86.3 cm³/mol. The third-order valence-corrected chi connectivity index (χ3v) is 4.85. The average Bonchev–Trinajstić information content (AvgIpc) is 2.98. The van der Waals surface area contributed by atoms with E-state index in [1.807, 2.05) is 0 Å². The summed E-state index contributed by atoms with van der Waals surface area (Å²) in [6.45, 7) is 2.91. The molecule has 0 atom stereocenters. The number of halogens is 3. The molecular weight excluding hydrogens is 335 g/mol. The highest BCUT2D eigenvalue weighted by atomic mass is 19.4. The number of nitrogens with zero attached hydrogens (tertiary/aromatic N) is 2. The van der Waals surface area contributed by atoms with E-state index in [0.29, 0.717) is 31.6 Å². The van der Waals surface area contributed by atoms with Crippen molar-refractivity contribution in [2.45, 2.75) is 38.4 Å². The van der Waals surface area contributed by atoms with Crippen LogP contribution < -0.4 is 10.2 Å². The zero-order valence-electron chi connectivity index (χ0n) is 13.9. The number of hydrogen-bond acceptors (Lipinski definition) is 2. The Morgan fingerprint density at radius 2 is 1.84 bits per heavy atom. The molecule has 0 radical (unpaired) electrons. The number of amides is 3. The van der Waals surface area contributed by atoms with E-state index in [1.54, 1.807) is 11.0 Å². The van der Waals surface area contributed by atoms with Gasteiger partial charge in [-0.1, -0.05) is 6.07 Å². The zero-order valence-corrected chi connectivity index (χ0v) is 13.9. The molecule has 2 aliphatic rings. The lowest BCUT2D eigenvalue weighted by Gasteiger charge is -2.32. The van der Waals surface area contributed by atoms with Gasteiger partial charge in [0.2, 0.25) is 5.91 Å². The molecule has 25 heavy (non-hydrogen) atoms. The molecule has 2 aliphatic heterocycles. The molecule has 136 valence electrons. The van der Waals surface area contributed by atoms with Gasteiger partial charge in [0.1, 0.15) is 0 Å². The van der Waals surface area contributed by atoms with Crippen LogP contribution >= 0.6 is 0 Å². The summed E-state index contributed by atoms with van der Waals surface area (Å²) in [4.78, 5) is 26.9. The van der Waals surface area contributed by atoms with Crippen molar-refractivity contribution in [1.82, 2.24) is 10.2 Å². The molecular formula is C17H20F3N3O2. The summed E-state index contributed by atoms with van der Waals surface area (Å²) >= 11 is 0. The molecule has 0 aliphatic carbocycles. The third-order valence-electron chi connectivity index (χ3n) is 4.85. The maximum atomic E-state index is 13.1. The molecule has 1 aromatic rings. The highest BCUT2D eigenvalue weighted by Gasteiger charge is 2.38. The quantitative estimate of drug-likeness (QED) is 0.842. The second-order valence-electron chi connectivity index (χ2n) is 6.43. The summed E-state index contributed by atoms with van der Waals surface area (Å²) < 4.78 is 39.3. The highest BCUT2D eigenvalue weighted by Crippen LogP contribution is 2.39. The maximum absolute atomic E-state index is 13.1. The molecule has 1 aromatic carbocycles. The zero-order chi connectivity index (χ0) is 18.2. The van der Waals surface area contributed by atoms with Crippen LogP contribution in [0.3, 0.4) is 0 Å². The van der Waals surface area contributed by atoms with E-state index < -0.39 is 11.7 Å². The Morgan fingerprint density at radius 3 is 2.44 bits per heavy atom. The fraction of sp³-hybridized carbons (Fsp3) is 0.529. The predicted octanol–water partition coefficient (Wildman–Crippen LogP) is 2.79. The van der Waals surface area contributed by atoms with Crippen LogP contribution in [0.5, 0.6) is 0 Å². The van der Waals surface area contributed by atoms with Crippen molar-refractivity contribution in [3.05, 3.63) is 29.3 Å². The minimum Gasteiger partial charge on any atom is -0.343 e. The highest BCUT2D eigenvalue weighted by molar-refractivity contribution is 5.94. The SMILES string of the molecule is CC(=O)N1CCC(NC(=O)N2CCc3c2cccc3C(F)(F)F)CC1. The molecule has 3 amide bonds. The molecule has 0 bridgehead atoms. The van der Waals surface area contributed by atoms with Gasteiger partial charge in [-0.15, -0.1) is 0 Å². The first-order chi connectivity index (χ1) is 11.8. The fourth-order valence-electron chi connectivity index (χ4n) is 3.50. The maximum Gasteiger partial charge on any atom is 0.416 e. The summed E-state index contributed by atoms with van der Waals surface area (Å²) in [7, 11) is 0. The number of nitrogens with one attached hydrogen (secondary N) is 1. The number of fused-ring (bicyclic) bond motifs is 1. The molecule has 0 aromatic heterocycles. The second kappa shape index (κ2) is 6.57. The fourth-order valence-corrected chi connectivity index (χ4v) is 3.50. The van der Waals surface area contributed by atoms with Gasteiger partial charge in [0, 0.05) is 38.3 Å². The van der Waals surface area contributed by atoms with E-state index in [0.717, 1.165) is 6.07 Å². The molecule has 3 rings (SSSR count). The van der Waals surface area contributed by atoms with Crippen LogP contribution in [-0.4, -0.2) is 42.5 Å². The Hall–Kier alpha value is -2.25. The first kappa shape index (κ1) is 17.6. The van der Waals surface area contributed by atoms with Crippen LogP contribution in [0.2, 0.25) is 0 Å². The van der Waals surface area contributed by atoms with Crippen molar-refractivity contribution < 1.29 is 22.8 Å². The van der Waals surface area contributed by atoms with E-state index in [2.05, 4.69) is 5.32 Å². The molecule has 5 nitrogen and oxygen atoms in total. The molecule has 1 N–H and O–H groups in total. The van der Waals surface area contributed by atoms with Gasteiger partial charge in [-0.05, 0) is 37.0 Å². The molecule has 1 saturated heterocycles. The van der Waals surface area contributed by atoms with Gasteiger partial charge in [0.05, 0.1) is 5.56 Å². The van der Waals surface area contributed by atoms with Crippen molar-refractivity contribution >= 4 is 17.6 Å². The molecule has 1 fully saturated rings. The number of likely N-dealkylation sites (tertiary alicyclic amines) is 1. The van der Waals surface area contributed by atoms with Crippen LogP contribution in [-0.2, 0) is 17.4 Å². The number of carbonyl (C=O) groups excluding carboxylic acids is 2. The lowest BCUT2D eigenvalue weighted by Crippen LogP contribution is -2.49. The van der Waals surface area contributed by atoms with Crippen molar-refractivity contribution in [1.29, 1.82) is 0 Å². The third kappa shape index (κ3) is 3.57. The van der Waals surface area contributed by atoms with Gasteiger partial charge < -0.3 is 10.2 Å². The topological polar surface area (TPSA) is 52.7 Å². The molecule has 0 saturated carbocycles. The molecule has 8 heteroatoms. The van der Waals surface area contributed by atoms with Crippen LogP contribution in [0.25, 0.3) is 0 Å². The monoisotopic (exact) mass is 355 g/mol. The van der Waals surface area contributed by atoms with Gasteiger partial charge in [-0.3, -0.25) is 9.69 Å². The standard InChI is InChI=1S/C17H20F3N3O2/c1-11(24)22-8-5-12(6-9-22)21-16(25)23-10-7-13-14(17(18,19)20)3-2-4-15(13)23/h2-4,12H,5-10H2,1H3,(H,21,25). The van der Waals surface area contributed by atoms with E-state index in [-0.39, 0.29) is 36.5 Å². The summed E-state index contributed by atoms with van der Waals surface area (Å²) in [6.07, 6.45) is -2.93. The number of benzene rings is 1. The number of anilines is 1. The van der Waals surface area contributed by atoms with Gasteiger partial charge in [0.25, 0.3) is 0 Å². The number of alkyl halides is 3. The van der Waals surface area contributed by atoms with Crippen LogP contribution in [0, 0.1) is 0 Å². The van der Waals surface area contributed by atoms with Crippen LogP contribution in [0.1, 0.15) is 30.9 Å². The first-order valence-electron chi connectivity index (χ1n) is 8.30. The largest absolute Gasteiger partial charge is 0.416 e. The average molecular weight is 355 g/mol. The Balaban J connectivity index is 1.67. The molecule has 0 unspecified atom stereocenters. The van der Waals surface area contributed by atoms with E-state index >= 15 is 0 Å². The van der Waals surface area contributed by atoms with Crippen molar-refractivity contribution in [2.75, 3.05) is 24.5 Å². The molecule has 0 spiro atoms. The smallest absolute Gasteiger partial charge is 0.343 e. The summed E-state index contributed by atoms with van der Waals surface area (Å²) in [5, 5.41) is 2.89. The number of carbonyl (C=O) groups is 2. The van der Waals surface area contributed by atoms with Gasteiger partial charge in [-0.25, -0.2) is 4.79 Å². The van der Waals surface area contributed by atoms with Gasteiger partial charge in [0.15, 0.2) is 0 Å².